The molecule has 1 unspecified atom stereocenters. The van der Waals surface area contributed by atoms with Gasteiger partial charge >= 0.3 is 0 Å². The molecule has 3 aromatic heterocycles. The fourth-order valence-electron chi connectivity index (χ4n) is 2.73. The third-order valence-corrected chi connectivity index (χ3v) is 5.01. The smallest absolute Gasteiger partial charge is 0.138 e. The molecule has 5 nitrogen and oxygen atoms in total. The molecule has 0 saturated heterocycles. The Morgan fingerprint density at radius 3 is 2.80 bits per heavy atom. The van der Waals surface area contributed by atoms with Gasteiger partial charge in [-0.2, -0.15) is 0 Å². The monoisotopic (exact) mass is 351 g/mol. The molecule has 0 aliphatic rings. The van der Waals surface area contributed by atoms with Gasteiger partial charge in [-0.25, -0.2) is 9.97 Å². The molecule has 0 bridgehead atoms. The van der Waals surface area contributed by atoms with Gasteiger partial charge in [0.15, 0.2) is 0 Å². The average Bonchev–Trinajstić information content (AvgIpc) is 3.32. The molecule has 126 valence electrons. The van der Waals surface area contributed by atoms with E-state index in [2.05, 4.69) is 33.5 Å². The molecule has 0 radical (unpaired) electrons. The second-order valence-corrected chi connectivity index (χ2v) is 6.62. The first-order chi connectivity index (χ1) is 12.3. The van der Waals surface area contributed by atoms with Gasteiger partial charge in [0.2, 0.25) is 0 Å². The quantitative estimate of drug-likeness (QED) is 0.543. The highest BCUT2D eigenvalue weighted by Gasteiger charge is 2.17. The highest BCUT2D eigenvalue weighted by atomic mass is 32.1. The third-order valence-electron chi connectivity index (χ3n) is 3.92. The second-order valence-electron chi connectivity index (χ2n) is 5.59. The Bertz CT molecular complexity index is 951. The number of ether oxygens (including phenoxy) is 1. The first-order valence-corrected chi connectivity index (χ1v) is 8.75. The van der Waals surface area contributed by atoms with E-state index < -0.39 is 0 Å². The summed E-state index contributed by atoms with van der Waals surface area (Å²) >= 11 is 1.66. The predicted molar refractivity (Wildman–Crippen MR) is 99.8 cm³/mol. The van der Waals surface area contributed by atoms with Gasteiger partial charge in [-0.1, -0.05) is 30.3 Å². The molecular formula is C19H17N3O2S. The van der Waals surface area contributed by atoms with Crippen LogP contribution in [0.3, 0.4) is 0 Å². The van der Waals surface area contributed by atoms with Crippen molar-refractivity contribution in [3.05, 3.63) is 66.9 Å². The summed E-state index contributed by atoms with van der Waals surface area (Å²) in [7, 11) is 1.67. The minimum atomic E-state index is -0.113. The topological polar surface area (TPSA) is 60.2 Å². The summed E-state index contributed by atoms with van der Waals surface area (Å²) in [4.78, 5) is 11.0. The lowest BCUT2D eigenvalue weighted by Gasteiger charge is -2.16. The molecule has 0 amide bonds. The van der Waals surface area contributed by atoms with Gasteiger partial charge < -0.3 is 14.5 Å². The van der Waals surface area contributed by atoms with Crippen LogP contribution in [0.15, 0.2) is 65.5 Å². The molecule has 1 atom stereocenters. The second kappa shape index (κ2) is 7.04. The number of fused-ring (bicyclic) bond motifs is 1. The van der Waals surface area contributed by atoms with Crippen molar-refractivity contribution in [3.63, 3.8) is 0 Å². The molecule has 0 aliphatic carbocycles. The summed E-state index contributed by atoms with van der Waals surface area (Å²) < 4.78 is 10.8. The highest BCUT2D eigenvalue weighted by molar-refractivity contribution is 7.21. The molecule has 0 spiro atoms. The molecule has 0 fully saturated rings. The van der Waals surface area contributed by atoms with E-state index >= 15 is 0 Å². The van der Waals surface area contributed by atoms with E-state index in [0.29, 0.717) is 6.61 Å². The van der Waals surface area contributed by atoms with E-state index in [0.717, 1.165) is 21.8 Å². The number of aromatic nitrogens is 2. The first kappa shape index (κ1) is 15.8. The maximum Gasteiger partial charge on any atom is 0.138 e. The molecular weight excluding hydrogens is 334 g/mol. The van der Waals surface area contributed by atoms with E-state index in [1.54, 1.807) is 31.0 Å². The Morgan fingerprint density at radius 2 is 2.04 bits per heavy atom. The standard InChI is InChI=1S/C19H17N3O2S/c1-23-11-15(16-8-5-9-24-16)22-18-14-10-17(13-6-3-2-4-7-13)25-19(14)21-12-20-18/h2-10,12,15H,11H2,1H3,(H,20,21,22). The zero-order valence-corrected chi connectivity index (χ0v) is 14.5. The minimum absolute atomic E-state index is 0.113. The largest absolute Gasteiger partial charge is 0.467 e. The predicted octanol–water partition coefficient (Wildman–Crippen LogP) is 4.75. The van der Waals surface area contributed by atoms with Crippen molar-refractivity contribution < 1.29 is 9.15 Å². The number of hydrogen-bond donors (Lipinski definition) is 1. The lowest BCUT2D eigenvalue weighted by atomic mass is 10.2. The third kappa shape index (κ3) is 3.26. The number of anilines is 1. The molecule has 6 heteroatoms. The van der Waals surface area contributed by atoms with Gasteiger partial charge in [-0.15, -0.1) is 11.3 Å². The summed E-state index contributed by atoms with van der Waals surface area (Å²) in [6.07, 6.45) is 3.25. The summed E-state index contributed by atoms with van der Waals surface area (Å²) in [5.74, 6) is 1.59. The molecule has 4 rings (SSSR count). The van der Waals surface area contributed by atoms with Gasteiger partial charge in [0.25, 0.3) is 0 Å². The molecule has 25 heavy (non-hydrogen) atoms. The van der Waals surface area contributed by atoms with Crippen molar-refractivity contribution in [2.24, 2.45) is 0 Å². The van der Waals surface area contributed by atoms with E-state index in [1.165, 1.54) is 10.4 Å². The maximum atomic E-state index is 5.52. The Kier molecular flexibility index (Phi) is 4.45. The number of nitrogens with zero attached hydrogens (tertiary/aromatic N) is 2. The van der Waals surface area contributed by atoms with Crippen LogP contribution in [0.5, 0.6) is 0 Å². The minimum Gasteiger partial charge on any atom is -0.467 e. The van der Waals surface area contributed by atoms with Crippen LogP contribution in [0.2, 0.25) is 0 Å². The van der Waals surface area contributed by atoms with Gasteiger partial charge in [-0.05, 0) is 23.8 Å². The Labute approximate surface area is 149 Å². The van der Waals surface area contributed by atoms with Crippen LogP contribution >= 0.6 is 11.3 Å². The number of methoxy groups -OCH3 is 1. The van der Waals surface area contributed by atoms with E-state index in [4.69, 9.17) is 9.15 Å². The lowest BCUT2D eigenvalue weighted by molar-refractivity contribution is 0.178. The summed E-state index contributed by atoms with van der Waals surface area (Å²) in [5, 5.41) is 4.43. The van der Waals surface area contributed by atoms with Crippen molar-refractivity contribution in [2.75, 3.05) is 19.0 Å². The van der Waals surface area contributed by atoms with Crippen molar-refractivity contribution >= 4 is 27.4 Å². The molecule has 4 aromatic rings. The number of furan rings is 1. The Morgan fingerprint density at radius 1 is 1.16 bits per heavy atom. The summed E-state index contributed by atoms with van der Waals surface area (Å²) in [6.45, 7) is 0.481. The number of thiophene rings is 1. The molecule has 1 N–H and O–H groups in total. The fraction of sp³-hybridized carbons (Fsp3) is 0.158. The average molecular weight is 351 g/mol. The zero-order chi connectivity index (χ0) is 17.1. The Balaban J connectivity index is 1.71. The van der Waals surface area contributed by atoms with E-state index in [1.807, 2.05) is 30.3 Å². The van der Waals surface area contributed by atoms with Gasteiger partial charge in [0.1, 0.15) is 28.8 Å². The lowest BCUT2D eigenvalue weighted by Crippen LogP contribution is -2.16. The van der Waals surface area contributed by atoms with Crippen LogP contribution in [0, 0.1) is 0 Å². The number of nitrogens with one attached hydrogen (secondary N) is 1. The van der Waals surface area contributed by atoms with Gasteiger partial charge in [-0.3, -0.25) is 0 Å². The van der Waals surface area contributed by atoms with E-state index in [9.17, 15) is 0 Å². The maximum absolute atomic E-state index is 5.52. The summed E-state index contributed by atoms with van der Waals surface area (Å²) in [6, 6.07) is 16.1. The SMILES string of the molecule is COCC(Nc1ncnc2sc(-c3ccccc3)cc12)c1ccco1. The zero-order valence-electron chi connectivity index (χ0n) is 13.7. The van der Waals surface area contributed by atoms with Crippen molar-refractivity contribution in [2.45, 2.75) is 6.04 Å². The van der Waals surface area contributed by atoms with Crippen LogP contribution in [0.1, 0.15) is 11.8 Å². The molecule has 0 saturated carbocycles. The Hall–Kier alpha value is -2.70. The van der Waals surface area contributed by atoms with Crippen LogP contribution in [-0.4, -0.2) is 23.7 Å². The van der Waals surface area contributed by atoms with Crippen molar-refractivity contribution in [1.82, 2.24) is 9.97 Å². The fourth-order valence-corrected chi connectivity index (χ4v) is 3.74. The number of hydrogen-bond acceptors (Lipinski definition) is 6. The van der Waals surface area contributed by atoms with E-state index in [-0.39, 0.29) is 6.04 Å². The van der Waals surface area contributed by atoms with Gasteiger partial charge in [0.05, 0.1) is 18.3 Å². The highest BCUT2D eigenvalue weighted by Crippen LogP contribution is 2.35. The van der Waals surface area contributed by atoms with Crippen molar-refractivity contribution in [3.8, 4) is 10.4 Å². The summed E-state index contributed by atoms with van der Waals surface area (Å²) in [5.41, 5.74) is 1.18. The van der Waals surface area contributed by atoms with Crippen LogP contribution in [-0.2, 0) is 4.74 Å². The van der Waals surface area contributed by atoms with Gasteiger partial charge in [0, 0.05) is 12.0 Å². The number of benzene rings is 1. The molecule has 1 aromatic carbocycles. The van der Waals surface area contributed by atoms with Crippen LogP contribution in [0.25, 0.3) is 20.7 Å². The first-order valence-electron chi connectivity index (χ1n) is 7.94. The van der Waals surface area contributed by atoms with Crippen LogP contribution in [0.4, 0.5) is 5.82 Å². The molecule has 3 heterocycles. The van der Waals surface area contributed by atoms with Crippen LogP contribution < -0.4 is 5.32 Å². The number of rotatable bonds is 6. The normalized spacial score (nSPS) is 12.4. The van der Waals surface area contributed by atoms with Crippen molar-refractivity contribution in [1.29, 1.82) is 0 Å². The molecule has 0 aliphatic heterocycles.